The quantitative estimate of drug-likeness (QED) is 0.858. The highest BCUT2D eigenvalue weighted by Gasteiger charge is 2.19. The van der Waals surface area contributed by atoms with E-state index in [1.54, 1.807) is 11.3 Å². The van der Waals surface area contributed by atoms with Crippen LogP contribution in [0.4, 0.5) is 0 Å². The van der Waals surface area contributed by atoms with E-state index in [9.17, 15) is 5.11 Å². The number of hydrogen-bond acceptors (Lipinski definition) is 3. The third-order valence-electron chi connectivity index (χ3n) is 2.90. The van der Waals surface area contributed by atoms with Gasteiger partial charge in [-0.15, -0.1) is 11.3 Å². The lowest BCUT2D eigenvalue weighted by Gasteiger charge is -2.24. The molecule has 0 saturated carbocycles. The van der Waals surface area contributed by atoms with Crippen molar-refractivity contribution in [2.45, 2.75) is 44.8 Å². The molecule has 15 heavy (non-hydrogen) atoms. The fourth-order valence-electron chi connectivity index (χ4n) is 2.02. The molecule has 1 aliphatic heterocycles. The van der Waals surface area contributed by atoms with E-state index in [1.807, 2.05) is 5.38 Å². The van der Waals surface area contributed by atoms with E-state index in [-0.39, 0.29) is 12.2 Å². The predicted octanol–water partition coefficient (Wildman–Crippen LogP) is 3.05. The Morgan fingerprint density at radius 1 is 1.60 bits per heavy atom. The zero-order valence-corrected chi connectivity index (χ0v) is 9.93. The summed E-state index contributed by atoms with van der Waals surface area (Å²) in [6.07, 6.45) is 4.16. The lowest BCUT2D eigenvalue weighted by atomic mass is 10.0. The van der Waals surface area contributed by atoms with Gasteiger partial charge in [0.15, 0.2) is 0 Å². The minimum atomic E-state index is -0.349. The smallest absolute Gasteiger partial charge is 0.0822 e. The van der Waals surface area contributed by atoms with Crippen molar-refractivity contribution in [3.8, 4) is 0 Å². The first-order chi connectivity index (χ1) is 7.25. The SMILES string of the molecule is Cc1cc(C(O)CC2CCCCO2)cs1. The number of hydrogen-bond donors (Lipinski definition) is 1. The first-order valence-electron chi connectivity index (χ1n) is 5.60. The molecule has 2 atom stereocenters. The molecule has 0 bridgehead atoms. The molecule has 1 aromatic heterocycles. The highest BCUT2D eigenvalue weighted by atomic mass is 32.1. The maximum absolute atomic E-state index is 10.0. The lowest BCUT2D eigenvalue weighted by Crippen LogP contribution is -2.21. The zero-order valence-electron chi connectivity index (χ0n) is 9.11. The normalized spacial score (nSPS) is 24.0. The van der Waals surface area contributed by atoms with Crippen LogP contribution in [0.25, 0.3) is 0 Å². The monoisotopic (exact) mass is 226 g/mol. The summed E-state index contributed by atoms with van der Waals surface area (Å²) < 4.78 is 5.62. The summed E-state index contributed by atoms with van der Waals surface area (Å²) in [6.45, 7) is 2.93. The third-order valence-corrected chi connectivity index (χ3v) is 3.78. The topological polar surface area (TPSA) is 29.5 Å². The number of aryl methyl sites for hydroxylation is 1. The highest BCUT2D eigenvalue weighted by molar-refractivity contribution is 7.10. The summed E-state index contributed by atoms with van der Waals surface area (Å²) in [6, 6.07) is 2.07. The van der Waals surface area contributed by atoms with Crippen molar-refractivity contribution in [1.29, 1.82) is 0 Å². The van der Waals surface area contributed by atoms with E-state index in [0.29, 0.717) is 0 Å². The highest BCUT2D eigenvalue weighted by Crippen LogP contribution is 2.27. The summed E-state index contributed by atoms with van der Waals surface area (Å²) in [7, 11) is 0. The molecule has 84 valence electrons. The van der Waals surface area contributed by atoms with Gasteiger partial charge < -0.3 is 9.84 Å². The van der Waals surface area contributed by atoms with Gasteiger partial charge in [-0.1, -0.05) is 0 Å². The fraction of sp³-hybridized carbons (Fsp3) is 0.667. The molecule has 2 rings (SSSR count). The van der Waals surface area contributed by atoms with E-state index in [4.69, 9.17) is 4.74 Å². The maximum atomic E-state index is 10.0. The zero-order chi connectivity index (χ0) is 10.7. The third kappa shape index (κ3) is 3.03. The molecule has 1 N–H and O–H groups in total. The maximum Gasteiger partial charge on any atom is 0.0822 e. The van der Waals surface area contributed by atoms with E-state index >= 15 is 0 Å². The molecule has 1 aromatic rings. The van der Waals surface area contributed by atoms with Crippen LogP contribution in [-0.4, -0.2) is 17.8 Å². The molecular weight excluding hydrogens is 208 g/mol. The fourth-order valence-corrected chi connectivity index (χ4v) is 2.77. The van der Waals surface area contributed by atoms with Crippen molar-refractivity contribution in [3.63, 3.8) is 0 Å². The van der Waals surface area contributed by atoms with Crippen LogP contribution < -0.4 is 0 Å². The second kappa shape index (κ2) is 5.10. The van der Waals surface area contributed by atoms with Gasteiger partial charge in [-0.2, -0.15) is 0 Å². The summed E-state index contributed by atoms with van der Waals surface area (Å²) in [5.74, 6) is 0. The van der Waals surface area contributed by atoms with Crippen LogP contribution in [0, 0.1) is 6.92 Å². The summed E-state index contributed by atoms with van der Waals surface area (Å²) in [5, 5.41) is 12.1. The molecule has 3 heteroatoms. The number of ether oxygens (including phenoxy) is 1. The van der Waals surface area contributed by atoms with Crippen LogP contribution in [-0.2, 0) is 4.74 Å². The van der Waals surface area contributed by atoms with Gasteiger partial charge in [0, 0.05) is 17.9 Å². The molecule has 1 saturated heterocycles. The van der Waals surface area contributed by atoms with Crippen LogP contribution in [0.2, 0.25) is 0 Å². The van der Waals surface area contributed by atoms with Crippen molar-refractivity contribution in [1.82, 2.24) is 0 Å². The summed E-state index contributed by atoms with van der Waals surface area (Å²) in [5.41, 5.74) is 1.05. The second-order valence-corrected chi connectivity index (χ2v) is 5.35. The standard InChI is InChI=1S/C12H18O2S/c1-9-6-10(8-15-9)12(13)7-11-4-2-3-5-14-11/h6,8,11-13H,2-5,7H2,1H3. The van der Waals surface area contributed by atoms with E-state index < -0.39 is 0 Å². The molecule has 2 unspecified atom stereocenters. The van der Waals surface area contributed by atoms with Crippen LogP contribution in [0.15, 0.2) is 11.4 Å². The molecule has 0 aromatic carbocycles. The van der Waals surface area contributed by atoms with Crippen molar-refractivity contribution in [2.75, 3.05) is 6.61 Å². The minimum Gasteiger partial charge on any atom is -0.388 e. The molecule has 0 aliphatic carbocycles. The van der Waals surface area contributed by atoms with Crippen molar-refractivity contribution in [2.24, 2.45) is 0 Å². The Kier molecular flexibility index (Phi) is 3.78. The minimum absolute atomic E-state index is 0.258. The average Bonchev–Trinajstić information content (AvgIpc) is 2.66. The second-order valence-electron chi connectivity index (χ2n) is 4.23. The molecule has 0 radical (unpaired) electrons. The average molecular weight is 226 g/mol. The number of aliphatic hydroxyl groups is 1. The van der Waals surface area contributed by atoms with Gasteiger partial charge in [0.05, 0.1) is 12.2 Å². The number of aliphatic hydroxyl groups excluding tert-OH is 1. The van der Waals surface area contributed by atoms with Gasteiger partial charge in [0.1, 0.15) is 0 Å². The Morgan fingerprint density at radius 2 is 2.47 bits per heavy atom. The van der Waals surface area contributed by atoms with E-state index in [1.165, 1.54) is 17.7 Å². The Hall–Kier alpha value is -0.380. The molecule has 2 nitrogen and oxygen atoms in total. The Balaban J connectivity index is 1.88. The number of thiophene rings is 1. The van der Waals surface area contributed by atoms with Crippen molar-refractivity contribution in [3.05, 3.63) is 21.9 Å². The van der Waals surface area contributed by atoms with E-state index in [0.717, 1.165) is 25.0 Å². The van der Waals surface area contributed by atoms with Crippen molar-refractivity contribution < 1.29 is 9.84 Å². The lowest BCUT2D eigenvalue weighted by molar-refractivity contribution is -0.0154. The van der Waals surface area contributed by atoms with Gasteiger partial charge >= 0.3 is 0 Å². The summed E-state index contributed by atoms with van der Waals surface area (Å²) in [4.78, 5) is 1.26. The molecule has 2 heterocycles. The number of rotatable bonds is 3. The van der Waals surface area contributed by atoms with Gasteiger partial charge in [-0.05, 0) is 43.2 Å². The first-order valence-corrected chi connectivity index (χ1v) is 6.48. The molecular formula is C12H18O2S. The largest absolute Gasteiger partial charge is 0.388 e. The van der Waals surface area contributed by atoms with Crippen LogP contribution in [0.1, 0.15) is 42.2 Å². The van der Waals surface area contributed by atoms with Crippen LogP contribution >= 0.6 is 11.3 Å². The predicted molar refractivity (Wildman–Crippen MR) is 62.2 cm³/mol. The van der Waals surface area contributed by atoms with Gasteiger partial charge in [0.25, 0.3) is 0 Å². The Bertz CT molecular complexity index is 302. The van der Waals surface area contributed by atoms with Gasteiger partial charge in [-0.25, -0.2) is 0 Å². The Morgan fingerprint density at radius 3 is 3.07 bits per heavy atom. The van der Waals surface area contributed by atoms with Gasteiger partial charge in [-0.3, -0.25) is 0 Å². The van der Waals surface area contributed by atoms with Gasteiger partial charge in [0.2, 0.25) is 0 Å². The summed E-state index contributed by atoms with van der Waals surface area (Å²) >= 11 is 1.69. The Labute approximate surface area is 94.9 Å². The molecule has 1 aliphatic rings. The first kappa shape index (κ1) is 11.1. The van der Waals surface area contributed by atoms with E-state index in [2.05, 4.69) is 13.0 Å². The van der Waals surface area contributed by atoms with Crippen molar-refractivity contribution >= 4 is 11.3 Å². The van der Waals surface area contributed by atoms with Crippen LogP contribution in [0.5, 0.6) is 0 Å². The van der Waals surface area contributed by atoms with Crippen LogP contribution in [0.3, 0.4) is 0 Å². The molecule has 1 fully saturated rings. The molecule has 0 amide bonds. The molecule has 0 spiro atoms.